The van der Waals surface area contributed by atoms with E-state index in [0.717, 1.165) is 43.3 Å². The normalized spacial score (nSPS) is 12.1. The Bertz CT molecular complexity index is 2300. The zero-order chi connectivity index (χ0) is 35.8. The van der Waals surface area contributed by atoms with E-state index in [-0.39, 0.29) is 11.3 Å². The van der Waals surface area contributed by atoms with Crippen LogP contribution < -0.4 is 24.1 Å². The molecule has 12 nitrogen and oxygen atoms in total. The first-order chi connectivity index (χ1) is 23.1. The Morgan fingerprint density at radius 3 is 2.18 bits per heavy atom. The van der Waals surface area contributed by atoms with Gasteiger partial charge >= 0.3 is 0 Å². The number of nitrogens with one attached hydrogen (secondary N) is 1. The molecule has 2 heterocycles. The van der Waals surface area contributed by atoms with Crippen LogP contribution in [0.5, 0.6) is 11.5 Å². The minimum atomic E-state index is -4.97. The number of anilines is 1. The highest BCUT2D eigenvalue weighted by Crippen LogP contribution is 2.43. The van der Waals surface area contributed by atoms with Crippen LogP contribution in [-0.4, -0.2) is 57.8 Å². The maximum Gasteiger partial charge on any atom is 0.295 e. The molecule has 5 rings (SSSR count). The van der Waals surface area contributed by atoms with Crippen LogP contribution in [0, 0.1) is 6.92 Å². The van der Waals surface area contributed by atoms with E-state index >= 15 is 0 Å². The molecule has 3 aromatic rings. The minimum absolute atomic E-state index is 0.0890. The molecule has 14 heteroatoms. The lowest BCUT2D eigenvalue weighted by Crippen LogP contribution is -2.40. The standard InChI is InChI=1S/C35H40N4O8S2/c1-7-38(8-2)23-11-14-26-31(18-23)47-32-19-24(39(9-3)10-4)12-15-27(32)34(26)28-16-13-25(20-33(28)49(44,45)46)48(42,43)36-21-29-35(41)30(40)17-22(5)37(29)6/h11-20,36H,7-10,21H2,1-6H3,(H-,41,44,45,46)/p+2. The van der Waals surface area contributed by atoms with Gasteiger partial charge in [0.05, 0.1) is 23.6 Å². The van der Waals surface area contributed by atoms with Gasteiger partial charge in [0.2, 0.25) is 26.8 Å². The topological polar surface area (TPSA) is 164 Å². The number of pyridine rings is 1. The van der Waals surface area contributed by atoms with Crippen molar-refractivity contribution in [3.05, 3.63) is 77.4 Å². The van der Waals surface area contributed by atoms with Crippen LogP contribution >= 0.6 is 0 Å². The first-order valence-electron chi connectivity index (χ1n) is 16.0. The second-order valence-electron chi connectivity index (χ2n) is 11.7. The third-order valence-electron chi connectivity index (χ3n) is 8.98. The van der Waals surface area contributed by atoms with E-state index < -0.39 is 48.0 Å². The molecule has 2 aromatic carbocycles. The molecule has 2 aliphatic rings. The largest absolute Gasteiger partial charge is 0.504 e. The number of fused-ring (bicyclic) bond motifs is 2. The monoisotopic (exact) mass is 710 g/mol. The number of hydrogen-bond donors (Lipinski definition) is 4. The lowest BCUT2D eigenvalue weighted by molar-refractivity contribution is -0.685. The Labute approximate surface area is 286 Å². The first kappa shape index (κ1) is 35.8. The number of rotatable bonds is 11. The molecule has 0 amide bonds. The Morgan fingerprint density at radius 2 is 1.55 bits per heavy atom. The number of aryl methyl sites for hydroxylation is 1. The summed E-state index contributed by atoms with van der Waals surface area (Å²) in [6.45, 7) is 12.5. The van der Waals surface area contributed by atoms with E-state index in [1.54, 1.807) is 14.0 Å². The van der Waals surface area contributed by atoms with Gasteiger partial charge in [-0.3, -0.25) is 4.55 Å². The zero-order valence-corrected chi connectivity index (χ0v) is 30.0. The average Bonchev–Trinajstić information content (AvgIpc) is 3.06. The highest BCUT2D eigenvalue weighted by molar-refractivity contribution is 7.89. The van der Waals surface area contributed by atoms with Gasteiger partial charge in [-0.1, -0.05) is 6.07 Å². The molecule has 0 spiro atoms. The second-order valence-corrected chi connectivity index (χ2v) is 14.8. The van der Waals surface area contributed by atoms with Gasteiger partial charge in [-0.15, -0.1) is 0 Å². The van der Waals surface area contributed by atoms with E-state index in [1.807, 2.05) is 64.1 Å². The van der Waals surface area contributed by atoms with Gasteiger partial charge in [0.25, 0.3) is 10.1 Å². The molecule has 1 aromatic heterocycles. The van der Waals surface area contributed by atoms with Crippen molar-refractivity contribution in [2.45, 2.75) is 51.0 Å². The van der Waals surface area contributed by atoms with Gasteiger partial charge in [0.15, 0.2) is 11.4 Å². The fourth-order valence-electron chi connectivity index (χ4n) is 6.15. The third-order valence-corrected chi connectivity index (χ3v) is 11.3. The van der Waals surface area contributed by atoms with Crippen molar-refractivity contribution in [1.82, 2.24) is 9.30 Å². The van der Waals surface area contributed by atoms with Crippen LogP contribution in [-0.2, 0) is 33.7 Å². The van der Waals surface area contributed by atoms with Crippen molar-refractivity contribution in [3.63, 3.8) is 0 Å². The van der Waals surface area contributed by atoms with Crippen LogP contribution in [0.4, 0.5) is 5.69 Å². The number of hydrogen-bond acceptors (Lipinski definition) is 8. The summed E-state index contributed by atoms with van der Waals surface area (Å²) < 4.78 is 76.0. The summed E-state index contributed by atoms with van der Waals surface area (Å²) in [6, 6.07) is 16.2. The molecule has 0 saturated carbocycles. The Kier molecular flexibility index (Phi) is 10.1. The molecule has 4 N–H and O–H groups in total. The Hall–Kier alpha value is -4.50. The van der Waals surface area contributed by atoms with Crippen LogP contribution in [0.2, 0.25) is 0 Å². The van der Waals surface area contributed by atoms with Gasteiger partial charge in [-0.2, -0.15) is 13.0 Å². The molecule has 260 valence electrons. The predicted molar refractivity (Wildman–Crippen MR) is 188 cm³/mol. The second kappa shape index (κ2) is 13.8. The van der Waals surface area contributed by atoms with Crippen LogP contribution in [0.3, 0.4) is 0 Å². The number of aromatic hydroxyl groups is 2. The van der Waals surface area contributed by atoms with E-state index in [1.165, 1.54) is 22.8 Å². The lowest BCUT2D eigenvalue weighted by atomic mass is 9.93. The van der Waals surface area contributed by atoms with E-state index in [2.05, 4.69) is 14.2 Å². The van der Waals surface area contributed by atoms with Crippen molar-refractivity contribution in [2.75, 3.05) is 31.1 Å². The average molecular weight is 711 g/mol. The summed E-state index contributed by atoms with van der Waals surface area (Å²) in [5.74, 6) is -0.422. The molecular formula is C35H42N4O8S2+2. The van der Waals surface area contributed by atoms with Crippen molar-refractivity contribution < 1.29 is 40.6 Å². The molecule has 0 unspecified atom stereocenters. The SMILES string of the molecule is CCN(CC)c1ccc2c(-c3ccc(S(=O)(=O)NCc4c(O)c(O)cc(C)[n+]4C)cc3S(=O)(=O)O)c3ccc(=[N+](CC)CC)cc-3oc2c1. The molecule has 0 fully saturated rings. The fraction of sp³-hybridized carbons (Fsp3) is 0.314. The lowest BCUT2D eigenvalue weighted by Gasteiger charge is -2.22. The number of nitrogens with zero attached hydrogens (tertiary/aromatic N) is 3. The van der Waals surface area contributed by atoms with Crippen LogP contribution in [0.15, 0.2) is 74.9 Å². The molecule has 1 aliphatic heterocycles. The molecule has 0 radical (unpaired) electrons. The van der Waals surface area contributed by atoms with Gasteiger partial charge in [0.1, 0.15) is 36.4 Å². The quantitative estimate of drug-likeness (QED) is 0.0897. The Balaban J connectivity index is 1.74. The predicted octanol–water partition coefficient (Wildman–Crippen LogP) is 4.13. The summed E-state index contributed by atoms with van der Waals surface area (Å²) in [7, 11) is -7.76. The van der Waals surface area contributed by atoms with Crippen LogP contribution in [0.1, 0.15) is 39.1 Å². The summed E-state index contributed by atoms with van der Waals surface area (Å²) in [4.78, 5) is 1.12. The summed E-state index contributed by atoms with van der Waals surface area (Å²) >= 11 is 0. The van der Waals surface area contributed by atoms with Gasteiger partial charge in [-0.05, 0) is 58.0 Å². The summed E-state index contributed by atoms with van der Waals surface area (Å²) in [5.41, 5.74) is 3.15. The Morgan fingerprint density at radius 1 is 0.878 bits per heavy atom. The maximum absolute atomic E-state index is 13.5. The summed E-state index contributed by atoms with van der Waals surface area (Å²) in [6.07, 6.45) is 0. The highest BCUT2D eigenvalue weighted by atomic mass is 32.2. The van der Waals surface area contributed by atoms with Crippen molar-refractivity contribution >= 4 is 36.8 Å². The van der Waals surface area contributed by atoms with Crippen molar-refractivity contribution in [3.8, 4) is 33.9 Å². The van der Waals surface area contributed by atoms with Gasteiger partial charge in [-0.25, -0.2) is 17.7 Å². The molecule has 1 aliphatic carbocycles. The van der Waals surface area contributed by atoms with E-state index in [0.29, 0.717) is 33.6 Å². The summed E-state index contributed by atoms with van der Waals surface area (Å²) in [5, 5.41) is 21.9. The van der Waals surface area contributed by atoms with Gasteiger partial charge in [0, 0.05) is 59.9 Å². The fourth-order valence-corrected chi connectivity index (χ4v) is 7.96. The first-order valence-corrected chi connectivity index (χ1v) is 18.9. The molecule has 0 atom stereocenters. The van der Waals surface area contributed by atoms with E-state index in [4.69, 9.17) is 4.42 Å². The third kappa shape index (κ3) is 6.86. The maximum atomic E-state index is 13.5. The molecular weight excluding hydrogens is 669 g/mol. The van der Waals surface area contributed by atoms with Crippen LogP contribution in [0.25, 0.3) is 33.4 Å². The highest BCUT2D eigenvalue weighted by Gasteiger charge is 2.28. The van der Waals surface area contributed by atoms with Crippen molar-refractivity contribution in [2.24, 2.45) is 7.05 Å². The number of benzene rings is 3. The molecule has 49 heavy (non-hydrogen) atoms. The number of sulfonamides is 1. The van der Waals surface area contributed by atoms with E-state index in [9.17, 15) is 31.6 Å². The van der Waals surface area contributed by atoms with Crippen molar-refractivity contribution in [1.29, 1.82) is 0 Å². The molecule has 0 saturated heterocycles. The smallest absolute Gasteiger partial charge is 0.295 e. The zero-order valence-electron chi connectivity index (χ0n) is 28.4. The minimum Gasteiger partial charge on any atom is -0.504 e. The molecule has 0 bridgehead atoms. The number of aromatic nitrogens is 1. The van der Waals surface area contributed by atoms with Gasteiger partial charge < -0.3 is 19.5 Å².